The minimum absolute atomic E-state index is 0.0394. The van der Waals surface area contributed by atoms with Crippen LogP contribution in [0.5, 0.6) is 0 Å². The lowest BCUT2D eigenvalue weighted by Crippen LogP contribution is -2.63. The van der Waals surface area contributed by atoms with E-state index in [0.29, 0.717) is 11.5 Å². The van der Waals surface area contributed by atoms with Crippen LogP contribution in [0, 0.1) is 33.5 Å². The predicted octanol–water partition coefficient (Wildman–Crippen LogP) is 3.75. The molecule has 0 spiro atoms. The van der Waals surface area contributed by atoms with Crippen LogP contribution in [0.3, 0.4) is 0 Å². The van der Waals surface area contributed by atoms with Crippen molar-refractivity contribution in [2.75, 3.05) is 0 Å². The average Bonchev–Trinajstić information content (AvgIpc) is 2.74. The molecule has 4 rings (SSSR count). The zero-order chi connectivity index (χ0) is 19.3. The maximum absolute atomic E-state index is 13.0. The van der Waals surface area contributed by atoms with E-state index in [1.165, 1.54) is 0 Å². The van der Waals surface area contributed by atoms with Crippen molar-refractivity contribution in [3.63, 3.8) is 0 Å². The summed E-state index contributed by atoms with van der Waals surface area (Å²) in [5.41, 5.74) is -1.07. The number of allylic oxidation sites excluding steroid dienone is 4. The molecular formula is C22H30O4. The smallest absolute Gasteiger partial charge is 0.264 e. The van der Waals surface area contributed by atoms with Crippen molar-refractivity contribution in [3.05, 3.63) is 23.5 Å². The summed E-state index contributed by atoms with van der Waals surface area (Å²) in [6, 6.07) is 0. The minimum Gasteiger partial charge on any atom is -0.504 e. The van der Waals surface area contributed by atoms with Gasteiger partial charge in [0.25, 0.3) is 5.78 Å². The van der Waals surface area contributed by atoms with E-state index < -0.39 is 22.4 Å². The number of carbonyl (C=O) groups is 2. The van der Waals surface area contributed by atoms with E-state index in [9.17, 15) is 19.8 Å². The Morgan fingerprint density at radius 1 is 1.04 bits per heavy atom. The maximum Gasteiger partial charge on any atom is 0.264 e. The molecule has 26 heavy (non-hydrogen) atoms. The minimum atomic E-state index is -0.957. The predicted molar refractivity (Wildman–Crippen MR) is 98.4 cm³/mol. The number of carbonyl (C=O) groups excluding carboxylic acids is 2. The van der Waals surface area contributed by atoms with Gasteiger partial charge in [0, 0.05) is 5.57 Å². The number of rotatable bonds is 0. The Morgan fingerprint density at radius 3 is 2.35 bits per heavy atom. The van der Waals surface area contributed by atoms with E-state index in [1.807, 2.05) is 13.0 Å². The van der Waals surface area contributed by atoms with E-state index in [0.717, 1.165) is 25.7 Å². The summed E-state index contributed by atoms with van der Waals surface area (Å²) in [6.07, 6.45) is 7.07. The number of ketones is 2. The first-order chi connectivity index (χ1) is 11.9. The molecule has 4 aliphatic carbocycles. The molecule has 4 nitrogen and oxygen atoms in total. The SMILES string of the molecule is CC1(C)C2CC[C@]3(C)C(C=CC4=C(O)C(=O)C(=O)[C@]43C)[C@@]2(C)CC[C@@H]1O. The molecule has 0 bridgehead atoms. The molecule has 2 saturated carbocycles. The van der Waals surface area contributed by atoms with Gasteiger partial charge in [-0.3, -0.25) is 9.59 Å². The Bertz CT molecular complexity index is 775. The van der Waals surface area contributed by atoms with Gasteiger partial charge in [-0.15, -0.1) is 0 Å². The van der Waals surface area contributed by atoms with Crippen molar-refractivity contribution in [3.8, 4) is 0 Å². The molecule has 2 N–H and O–H groups in total. The Balaban J connectivity index is 1.88. The number of Topliss-reactive ketones (excluding diaryl/α,β-unsaturated/α-hetero) is 2. The second kappa shape index (κ2) is 4.89. The van der Waals surface area contributed by atoms with Crippen LogP contribution < -0.4 is 0 Å². The molecular weight excluding hydrogens is 328 g/mol. The van der Waals surface area contributed by atoms with Gasteiger partial charge in [0.2, 0.25) is 5.78 Å². The van der Waals surface area contributed by atoms with Crippen LogP contribution >= 0.6 is 0 Å². The van der Waals surface area contributed by atoms with E-state index >= 15 is 0 Å². The van der Waals surface area contributed by atoms with E-state index in [-0.39, 0.29) is 28.6 Å². The second-order valence-corrected chi connectivity index (χ2v) is 10.3. The molecule has 0 saturated heterocycles. The van der Waals surface area contributed by atoms with Gasteiger partial charge in [-0.25, -0.2) is 0 Å². The highest BCUT2D eigenvalue weighted by atomic mass is 16.3. The van der Waals surface area contributed by atoms with Gasteiger partial charge in [-0.2, -0.15) is 0 Å². The molecule has 0 aromatic rings. The standard InChI is InChI=1S/C22H30O4/c1-19(2)13-8-11-21(4)14(20(13,3)10-9-15(19)23)7-6-12-16(24)17(25)18(26)22(12,21)5/h6-7,13-15,23-24H,8-11H2,1-5H3/t13?,14?,15-,20-,21+,22-/m0/s1. The Kier molecular flexibility index (Phi) is 3.38. The average molecular weight is 358 g/mol. The topological polar surface area (TPSA) is 74.6 Å². The first-order valence-electron chi connectivity index (χ1n) is 9.81. The number of hydrogen-bond acceptors (Lipinski definition) is 4. The van der Waals surface area contributed by atoms with Crippen molar-refractivity contribution in [2.24, 2.45) is 33.5 Å². The quantitative estimate of drug-likeness (QED) is 0.647. The summed E-state index contributed by atoms with van der Waals surface area (Å²) in [5.74, 6) is -1.06. The number of aliphatic hydroxyl groups excluding tert-OH is 2. The molecule has 2 fully saturated rings. The van der Waals surface area contributed by atoms with Crippen molar-refractivity contribution in [1.82, 2.24) is 0 Å². The molecule has 0 heterocycles. The summed E-state index contributed by atoms with van der Waals surface area (Å²) < 4.78 is 0. The van der Waals surface area contributed by atoms with Gasteiger partial charge in [0.05, 0.1) is 11.5 Å². The van der Waals surface area contributed by atoms with Crippen molar-refractivity contribution in [2.45, 2.75) is 66.4 Å². The van der Waals surface area contributed by atoms with Crippen LogP contribution in [0.15, 0.2) is 23.5 Å². The highest BCUT2D eigenvalue weighted by Crippen LogP contribution is 2.71. The number of fused-ring (bicyclic) bond motifs is 5. The van der Waals surface area contributed by atoms with Crippen LogP contribution in [-0.2, 0) is 9.59 Å². The highest BCUT2D eigenvalue weighted by Gasteiger charge is 2.69. The summed E-state index contributed by atoms with van der Waals surface area (Å²) in [7, 11) is 0. The zero-order valence-corrected chi connectivity index (χ0v) is 16.4. The summed E-state index contributed by atoms with van der Waals surface area (Å²) in [6.45, 7) is 10.6. The first-order valence-corrected chi connectivity index (χ1v) is 9.81. The van der Waals surface area contributed by atoms with Gasteiger partial charge >= 0.3 is 0 Å². The Morgan fingerprint density at radius 2 is 1.69 bits per heavy atom. The molecule has 0 aromatic heterocycles. The number of hydrogen-bond donors (Lipinski definition) is 2. The molecule has 4 heteroatoms. The molecule has 0 aliphatic heterocycles. The summed E-state index contributed by atoms with van der Waals surface area (Å²) >= 11 is 0. The number of aliphatic hydroxyl groups is 2. The summed E-state index contributed by atoms with van der Waals surface area (Å²) in [5, 5.41) is 20.9. The summed E-state index contributed by atoms with van der Waals surface area (Å²) in [4.78, 5) is 25.2. The van der Waals surface area contributed by atoms with Gasteiger partial charge in [0.15, 0.2) is 5.76 Å². The van der Waals surface area contributed by atoms with E-state index in [4.69, 9.17) is 0 Å². The largest absolute Gasteiger partial charge is 0.504 e. The van der Waals surface area contributed by atoms with Crippen LogP contribution in [0.25, 0.3) is 0 Å². The van der Waals surface area contributed by atoms with Crippen molar-refractivity contribution in [1.29, 1.82) is 0 Å². The van der Waals surface area contributed by atoms with Gasteiger partial charge in [0.1, 0.15) is 0 Å². The normalized spacial score (nSPS) is 49.7. The molecule has 6 atom stereocenters. The van der Waals surface area contributed by atoms with Crippen molar-refractivity contribution >= 4 is 11.6 Å². The third kappa shape index (κ3) is 1.70. The molecule has 0 aromatic carbocycles. The lowest BCUT2D eigenvalue weighted by Gasteiger charge is -2.66. The first kappa shape index (κ1) is 18.0. The molecule has 0 amide bonds. The Hall–Kier alpha value is -1.42. The monoisotopic (exact) mass is 358 g/mol. The van der Waals surface area contributed by atoms with Crippen LogP contribution in [0.2, 0.25) is 0 Å². The molecule has 4 aliphatic rings. The van der Waals surface area contributed by atoms with Crippen LogP contribution in [-0.4, -0.2) is 27.9 Å². The van der Waals surface area contributed by atoms with Crippen molar-refractivity contribution < 1.29 is 19.8 Å². The molecule has 2 unspecified atom stereocenters. The lowest BCUT2D eigenvalue weighted by molar-refractivity contribution is -0.181. The van der Waals surface area contributed by atoms with E-state index in [1.54, 1.807) is 0 Å². The van der Waals surface area contributed by atoms with Crippen LogP contribution in [0.4, 0.5) is 0 Å². The zero-order valence-electron chi connectivity index (χ0n) is 16.4. The molecule has 0 radical (unpaired) electrons. The van der Waals surface area contributed by atoms with Gasteiger partial charge in [-0.05, 0) is 60.7 Å². The fraction of sp³-hybridized carbons (Fsp3) is 0.727. The third-order valence-electron chi connectivity index (χ3n) is 9.13. The maximum atomic E-state index is 13.0. The lowest BCUT2D eigenvalue weighted by atomic mass is 9.37. The highest BCUT2D eigenvalue weighted by molar-refractivity contribution is 6.48. The fourth-order valence-electron chi connectivity index (χ4n) is 7.29. The third-order valence-corrected chi connectivity index (χ3v) is 9.13. The van der Waals surface area contributed by atoms with Gasteiger partial charge < -0.3 is 10.2 Å². The second-order valence-electron chi connectivity index (χ2n) is 10.3. The fourth-order valence-corrected chi connectivity index (χ4v) is 7.29. The van der Waals surface area contributed by atoms with Crippen LogP contribution in [0.1, 0.15) is 60.3 Å². The molecule has 142 valence electrons. The van der Waals surface area contributed by atoms with E-state index in [2.05, 4.69) is 33.8 Å². The van der Waals surface area contributed by atoms with Gasteiger partial charge in [-0.1, -0.05) is 39.8 Å². The Labute approximate surface area is 155 Å².